The first-order chi connectivity index (χ1) is 9.08. The first-order valence-electron chi connectivity index (χ1n) is 5.16. The summed E-state index contributed by atoms with van der Waals surface area (Å²) in [4.78, 5) is 11.5. The number of hydrogen-bond acceptors (Lipinski definition) is 5. The number of hydrogen-bond donors (Lipinski definition) is 3. The van der Waals surface area contributed by atoms with E-state index >= 15 is 0 Å². The number of hydrazone groups is 1. The molecule has 19 heavy (non-hydrogen) atoms. The van der Waals surface area contributed by atoms with Crippen molar-refractivity contribution >= 4 is 28.1 Å². The molecule has 0 saturated heterocycles. The summed E-state index contributed by atoms with van der Waals surface area (Å²) in [6.07, 6.45) is 2.63. The third-order valence-corrected chi connectivity index (χ3v) is 2.85. The average molecular weight is 325 g/mol. The lowest BCUT2D eigenvalue weighted by Gasteiger charge is -2.02. The Morgan fingerprint density at radius 2 is 2.16 bits per heavy atom. The molecule has 3 N–H and O–H groups in total. The van der Waals surface area contributed by atoms with Gasteiger partial charge in [0, 0.05) is 11.6 Å². The van der Waals surface area contributed by atoms with E-state index in [2.05, 4.69) is 26.5 Å². The number of carbonyl (C=O) groups excluding carboxylic acids is 1. The number of furan rings is 1. The van der Waals surface area contributed by atoms with Gasteiger partial charge in [0.15, 0.2) is 5.76 Å². The van der Waals surface area contributed by atoms with Gasteiger partial charge in [0.2, 0.25) is 0 Å². The first kappa shape index (κ1) is 13.2. The van der Waals surface area contributed by atoms with E-state index in [1.54, 1.807) is 6.07 Å². The lowest BCUT2D eigenvalue weighted by atomic mass is 10.2. The zero-order chi connectivity index (χ0) is 13.8. The summed E-state index contributed by atoms with van der Waals surface area (Å²) in [7, 11) is 0. The molecule has 0 aliphatic rings. The molecule has 2 aromatic rings. The Labute approximate surface area is 116 Å². The summed E-state index contributed by atoms with van der Waals surface area (Å²) < 4.78 is 5.29. The standard InChI is InChI=1S/C12H9BrN2O4/c13-8-4-7(9(16)5-10(8)17)6-14-15-12(18)11-2-1-3-19-11/h1-6,16-17H,(H,15,18)/b14-6-. The number of phenolic OH excluding ortho intramolecular Hbond substituents is 2. The summed E-state index contributed by atoms with van der Waals surface area (Å²) in [6, 6.07) is 5.72. The van der Waals surface area contributed by atoms with Gasteiger partial charge in [-0.15, -0.1) is 0 Å². The fourth-order valence-corrected chi connectivity index (χ4v) is 1.65. The van der Waals surface area contributed by atoms with Crippen LogP contribution < -0.4 is 5.43 Å². The second kappa shape index (κ2) is 5.57. The number of aromatic hydroxyl groups is 2. The largest absolute Gasteiger partial charge is 0.507 e. The van der Waals surface area contributed by atoms with E-state index in [9.17, 15) is 15.0 Å². The first-order valence-corrected chi connectivity index (χ1v) is 5.95. The van der Waals surface area contributed by atoms with Crippen molar-refractivity contribution in [2.24, 2.45) is 5.10 Å². The fraction of sp³-hybridized carbons (Fsp3) is 0. The highest BCUT2D eigenvalue weighted by molar-refractivity contribution is 9.10. The minimum absolute atomic E-state index is 0.0886. The molecule has 98 valence electrons. The van der Waals surface area contributed by atoms with Gasteiger partial charge < -0.3 is 14.6 Å². The number of halogens is 1. The molecule has 1 heterocycles. The summed E-state index contributed by atoms with van der Waals surface area (Å²) in [6.45, 7) is 0. The van der Waals surface area contributed by atoms with Crippen LogP contribution in [-0.2, 0) is 0 Å². The van der Waals surface area contributed by atoms with Crippen LogP contribution in [0.15, 0.2) is 44.5 Å². The maximum atomic E-state index is 11.5. The zero-order valence-corrected chi connectivity index (χ0v) is 11.1. The van der Waals surface area contributed by atoms with Crippen molar-refractivity contribution in [1.82, 2.24) is 5.43 Å². The van der Waals surface area contributed by atoms with E-state index in [4.69, 9.17) is 4.42 Å². The molecule has 6 nitrogen and oxygen atoms in total. The van der Waals surface area contributed by atoms with Crippen LogP contribution in [0.4, 0.5) is 0 Å². The Bertz CT molecular complexity index is 623. The highest BCUT2D eigenvalue weighted by atomic mass is 79.9. The van der Waals surface area contributed by atoms with E-state index < -0.39 is 5.91 Å². The van der Waals surface area contributed by atoms with Gasteiger partial charge in [0.1, 0.15) is 11.5 Å². The number of benzene rings is 1. The summed E-state index contributed by atoms with van der Waals surface area (Å²) in [5.41, 5.74) is 2.58. The van der Waals surface area contributed by atoms with Crippen LogP contribution in [0.25, 0.3) is 0 Å². The average Bonchev–Trinajstić information content (AvgIpc) is 2.89. The maximum absolute atomic E-state index is 11.5. The second-order valence-corrected chi connectivity index (χ2v) is 4.39. The third-order valence-electron chi connectivity index (χ3n) is 2.21. The Hall–Kier alpha value is -2.28. The smallest absolute Gasteiger partial charge is 0.307 e. The highest BCUT2D eigenvalue weighted by Gasteiger charge is 2.07. The Kier molecular flexibility index (Phi) is 3.86. The van der Waals surface area contributed by atoms with Crippen LogP contribution in [0.1, 0.15) is 16.1 Å². The number of phenols is 2. The number of rotatable bonds is 3. The predicted octanol–water partition coefficient (Wildman–Crippen LogP) is 2.22. The molecule has 1 aromatic heterocycles. The summed E-state index contributed by atoms with van der Waals surface area (Å²) >= 11 is 3.11. The molecule has 0 aliphatic carbocycles. The molecule has 7 heteroatoms. The van der Waals surface area contributed by atoms with E-state index in [0.717, 1.165) is 0 Å². The maximum Gasteiger partial charge on any atom is 0.307 e. The molecule has 0 radical (unpaired) electrons. The van der Waals surface area contributed by atoms with Gasteiger partial charge in [-0.2, -0.15) is 5.10 Å². The van der Waals surface area contributed by atoms with E-state index in [0.29, 0.717) is 10.0 Å². The monoisotopic (exact) mass is 324 g/mol. The van der Waals surface area contributed by atoms with Crippen molar-refractivity contribution in [3.05, 3.63) is 46.3 Å². The molecule has 0 saturated carbocycles. The second-order valence-electron chi connectivity index (χ2n) is 3.54. The van der Waals surface area contributed by atoms with Gasteiger partial charge in [-0.05, 0) is 34.1 Å². The normalized spacial score (nSPS) is 10.8. The lowest BCUT2D eigenvalue weighted by molar-refractivity contribution is 0.0927. The minimum atomic E-state index is -0.501. The van der Waals surface area contributed by atoms with Crippen molar-refractivity contribution < 1.29 is 19.4 Å². The van der Waals surface area contributed by atoms with Gasteiger partial charge in [0.25, 0.3) is 0 Å². The number of nitrogens with one attached hydrogen (secondary N) is 1. The molecule has 1 aromatic carbocycles. The van der Waals surface area contributed by atoms with Crippen molar-refractivity contribution in [1.29, 1.82) is 0 Å². The van der Waals surface area contributed by atoms with Gasteiger partial charge in [-0.3, -0.25) is 4.79 Å². The molecule has 1 amide bonds. The number of carbonyl (C=O) groups is 1. The zero-order valence-electron chi connectivity index (χ0n) is 9.50. The van der Waals surface area contributed by atoms with Gasteiger partial charge in [0.05, 0.1) is 17.0 Å². The third kappa shape index (κ3) is 3.14. The summed E-state index contributed by atoms with van der Waals surface area (Å²) in [5, 5.41) is 22.6. The van der Waals surface area contributed by atoms with Crippen molar-refractivity contribution in [3.63, 3.8) is 0 Å². The Morgan fingerprint density at radius 1 is 1.37 bits per heavy atom. The van der Waals surface area contributed by atoms with E-state index in [1.807, 2.05) is 0 Å². The van der Waals surface area contributed by atoms with Crippen LogP contribution in [-0.4, -0.2) is 22.3 Å². The molecule has 0 unspecified atom stereocenters. The molecule has 0 atom stereocenters. The van der Waals surface area contributed by atoms with E-state index in [1.165, 1.54) is 30.7 Å². The van der Waals surface area contributed by atoms with Gasteiger partial charge >= 0.3 is 5.91 Å². The molecule has 0 bridgehead atoms. The molecule has 0 aliphatic heterocycles. The van der Waals surface area contributed by atoms with E-state index in [-0.39, 0.29) is 17.3 Å². The SMILES string of the molecule is O=C(N/N=C\c1cc(Br)c(O)cc1O)c1ccco1. The Balaban J connectivity index is 2.07. The molecule has 0 fully saturated rings. The summed E-state index contributed by atoms with van der Waals surface area (Å²) in [5.74, 6) is -0.613. The van der Waals surface area contributed by atoms with Gasteiger partial charge in [-0.25, -0.2) is 5.43 Å². The van der Waals surface area contributed by atoms with Gasteiger partial charge in [-0.1, -0.05) is 0 Å². The molecular formula is C12H9BrN2O4. The molecular weight excluding hydrogens is 316 g/mol. The van der Waals surface area contributed by atoms with Crippen molar-refractivity contribution in [2.45, 2.75) is 0 Å². The topological polar surface area (TPSA) is 95.1 Å². The van der Waals surface area contributed by atoms with Crippen LogP contribution >= 0.6 is 15.9 Å². The molecule has 0 spiro atoms. The molecule has 2 rings (SSSR count). The van der Waals surface area contributed by atoms with Crippen LogP contribution in [0.3, 0.4) is 0 Å². The quantitative estimate of drug-likeness (QED) is 0.596. The van der Waals surface area contributed by atoms with Crippen LogP contribution in [0.5, 0.6) is 11.5 Å². The minimum Gasteiger partial charge on any atom is -0.507 e. The number of nitrogens with zero attached hydrogens (tertiary/aromatic N) is 1. The van der Waals surface area contributed by atoms with Crippen molar-refractivity contribution in [3.8, 4) is 11.5 Å². The van der Waals surface area contributed by atoms with Crippen LogP contribution in [0.2, 0.25) is 0 Å². The van der Waals surface area contributed by atoms with Crippen LogP contribution in [0, 0.1) is 0 Å². The fourth-order valence-electron chi connectivity index (χ4n) is 1.29. The van der Waals surface area contributed by atoms with Crippen molar-refractivity contribution in [2.75, 3.05) is 0 Å². The predicted molar refractivity (Wildman–Crippen MR) is 71.2 cm³/mol. The lowest BCUT2D eigenvalue weighted by Crippen LogP contribution is -2.16. The number of amides is 1. The Morgan fingerprint density at radius 3 is 2.84 bits per heavy atom. The highest BCUT2D eigenvalue weighted by Crippen LogP contribution is 2.30.